The first-order valence-electron chi connectivity index (χ1n) is 7.00. The van der Waals surface area contributed by atoms with Gasteiger partial charge in [-0.05, 0) is 48.6 Å². The smallest absolute Gasteiger partial charge is 0.246 e. The number of hydrogen-bond acceptors (Lipinski definition) is 4. The minimum Gasteiger partial charge on any atom is -0.353 e. The van der Waals surface area contributed by atoms with Gasteiger partial charge in [0.05, 0.1) is 11.6 Å². The Morgan fingerprint density at radius 2 is 1.92 bits per heavy atom. The Labute approximate surface area is 157 Å². The molecule has 0 bridgehead atoms. The summed E-state index contributed by atoms with van der Waals surface area (Å²) in [6, 6.07) is 15.0. The van der Waals surface area contributed by atoms with Gasteiger partial charge in [-0.25, -0.2) is 0 Å². The summed E-state index contributed by atoms with van der Waals surface area (Å²) in [5.74, 6) is 0.870. The quantitative estimate of drug-likeness (QED) is 0.596. The molecule has 0 fully saturated rings. The third kappa shape index (κ3) is 4.31. The van der Waals surface area contributed by atoms with Gasteiger partial charge in [-0.3, -0.25) is 0 Å². The summed E-state index contributed by atoms with van der Waals surface area (Å²) in [5, 5.41) is 11.1. The predicted molar refractivity (Wildman–Crippen MR) is 102 cm³/mol. The molecular weight excluding hydrogens is 412 g/mol. The van der Waals surface area contributed by atoms with Gasteiger partial charge in [0.1, 0.15) is 0 Å². The average Bonchev–Trinajstić information content (AvgIpc) is 3.04. The van der Waals surface area contributed by atoms with E-state index in [1.165, 1.54) is 0 Å². The van der Waals surface area contributed by atoms with Gasteiger partial charge < -0.3 is 15.2 Å². The first-order valence-corrected chi connectivity index (χ1v) is 8.57. The molecule has 0 atom stereocenters. The number of thiocarbonyl (C=S) groups is 1. The standard InChI is InChI=1S/C16H12BrClN4OS/c17-10-5-7-11(8-6-10)20-16(24)19-9-14-21-15(22-23-14)12-3-1-2-4-13(12)18/h1-8H,9H2,(H2,19,20,24). The van der Waals surface area contributed by atoms with Crippen LogP contribution in [-0.2, 0) is 6.54 Å². The molecule has 0 unspecified atom stereocenters. The van der Waals surface area contributed by atoms with Crippen molar-refractivity contribution in [2.24, 2.45) is 0 Å². The minimum atomic E-state index is 0.319. The van der Waals surface area contributed by atoms with Crippen molar-refractivity contribution in [2.75, 3.05) is 5.32 Å². The van der Waals surface area contributed by atoms with E-state index in [-0.39, 0.29) is 0 Å². The van der Waals surface area contributed by atoms with E-state index in [0.717, 1.165) is 15.7 Å². The van der Waals surface area contributed by atoms with Crippen LogP contribution in [0.15, 0.2) is 57.5 Å². The van der Waals surface area contributed by atoms with Crippen LogP contribution >= 0.6 is 39.7 Å². The molecule has 1 aromatic heterocycles. The third-order valence-corrected chi connectivity index (χ3v) is 4.19. The van der Waals surface area contributed by atoms with Crippen LogP contribution in [0.3, 0.4) is 0 Å². The summed E-state index contributed by atoms with van der Waals surface area (Å²) >= 11 is 14.8. The lowest BCUT2D eigenvalue weighted by atomic mass is 10.2. The number of halogens is 2. The number of hydrogen-bond donors (Lipinski definition) is 2. The van der Waals surface area contributed by atoms with E-state index >= 15 is 0 Å². The first kappa shape index (κ1) is 16.9. The molecule has 3 rings (SSSR count). The van der Waals surface area contributed by atoms with Gasteiger partial charge in [-0.1, -0.05) is 44.8 Å². The van der Waals surface area contributed by atoms with Crippen LogP contribution in [0.2, 0.25) is 5.02 Å². The Morgan fingerprint density at radius 1 is 1.17 bits per heavy atom. The molecule has 0 saturated carbocycles. The summed E-state index contributed by atoms with van der Waals surface area (Å²) in [4.78, 5) is 4.31. The summed E-state index contributed by atoms with van der Waals surface area (Å²) in [6.45, 7) is 0.319. The highest BCUT2D eigenvalue weighted by Crippen LogP contribution is 2.24. The lowest BCUT2D eigenvalue weighted by Crippen LogP contribution is -2.27. The van der Waals surface area contributed by atoms with Crippen LogP contribution in [-0.4, -0.2) is 15.3 Å². The van der Waals surface area contributed by atoms with Crippen molar-refractivity contribution in [1.82, 2.24) is 15.5 Å². The largest absolute Gasteiger partial charge is 0.353 e. The first-order chi connectivity index (χ1) is 11.6. The normalized spacial score (nSPS) is 10.4. The second-order valence-corrected chi connectivity index (χ2v) is 6.54. The molecule has 0 amide bonds. The Hall–Kier alpha value is -1.96. The summed E-state index contributed by atoms with van der Waals surface area (Å²) in [7, 11) is 0. The van der Waals surface area contributed by atoms with Gasteiger partial charge in [0.25, 0.3) is 0 Å². The number of aromatic nitrogens is 2. The molecule has 0 aliphatic heterocycles. The number of anilines is 1. The molecule has 0 spiro atoms. The van der Waals surface area contributed by atoms with Crippen molar-refractivity contribution in [3.8, 4) is 11.4 Å². The van der Waals surface area contributed by atoms with Crippen LogP contribution in [0, 0.1) is 0 Å². The van der Waals surface area contributed by atoms with Gasteiger partial charge in [0.15, 0.2) is 5.11 Å². The minimum absolute atomic E-state index is 0.319. The second-order valence-electron chi connectivity index (χ2n) is 4.81. The fourth-order valence-corrected chi connectivity index (χ4v) is 2.62. The van der Waals surface area contributed by atoms with E-state index < -0.39 is 0 Å². The Kier molecular flexibility index (Phi) is 5.44. The molecule has 1 heterocycles. The molecule has 2 N–H and O–H groups in total. The van der Waals surface area contributed by atoms with Crippen LogP contribution in [0.5, 0.6) is 0 Å². The Morgan fingerprint density at radius 3 is 2.67 bits per heavy atom. The van der Waals surface area contributed by atoms with Crippen molar-refractivity contribution in [1.29, 1.82) is 0 Å². The topological polar surface area (TPSA) is 63.0 Å². The van der Waals surface area contributed by atoms with Crippen LogP contribution in [0.25, 0.3) is 11.4 Å². The molecule has 5 nitrogen and oxygen atoms in total. The maximum atomic E-state index is 6.13. The third-order valence-electron chi connectivity index (χ3n) is 3.09. The van der Waals surface area contributed by atoms with E-state index in [2.05, 4.69) is 36.7 Å². The monoisotopic (exact) mass is 422 g/mol. The van der Waals surface area contributed by atoms with Gasteiger partial charge >= 0.3 is 0 Å². The van der Waals surface area contributed by atoms with Gasteiger partial charge in [-0.2, -0.15) is 4.98 Å². The molecule has 0 saturated heterocycles. The maximum absolute atomic E-state index is 6.13. The molecule has 0 aliphatic carbocycles. The van der Waals surface area contributed by atoms with Gasteiger partial charge in [0, 0.05) is 15.7 Å². The molecule has 0 aliphatic rings. The molecule has 3 aromatic rings. The van der Waals surface area contributed by atoms with Crippen LogP contribution in [0.1, 0.15) is 5.89 Å². The molecule has 0 radical (unpaired) electrons. The molecule has 122 valence electrons. The molecule has 2 aromatic carbocycles. The van der Waals surface area contributed by atoms with Crippen LogP contribution in [0.4, 0.5) is 5.69 Å². The van der Waals surface area contributed by atoms with E-state index in [0.29, 0.717) is 28.4 Å². The number of nitrogens with one attached hydrogen (secondary N) is 2. The molecular formula is C16H12BrClN4OS. The van der Waals surface area contributed by atoms with Crippen molar-refractivity contribution in [3.05, 3.63) is 63.9 Å². The zero-order valence-corrected chi connectivity index (χ0v) is 15.5. The Balaban J connectivity index is 1.58. The van der Waals surface area contributed by atoms with Gasteiger partial charge in [0.2, 0.25) is 11.7 Å². The van der Waals surface area contributed by atoms with E-state index in [9.17, 15) is 0 Å². The lowest BCUT2D eigenvalue weighted by molar-refractivity contribution is 0.376. The fraction of sp³-hybridized carbons (Fsp3) is 0.0625. The van der Waals surface area contributed by atoms with Crippen molar-refractivity contribution < 1.29 is 4.52 Å². The summed E-state index contributed by atoms with van der Waals surface area (Å²) < 4.78 is 6.22. The molecule has 8 heteroatoms. The second kappa shape index (κ2) is 7.74. The number of rotatable bonds is 4. The molecule has 24 heavy (non-hydrogen) atoms. The van der Waals surface area contributed by atoms with Gasteiger partial charge in [-0.15, -0.1) is 0 Å². The SMILES string of the molecule is S=C(NCc1nc(-c2ccccc2Cl)no1)Nc1ccc(Br)cc1. The zero-order chi connectivity index (χ0) is 16.9. The lowest BCUT2D eigenvalue weighted by Gasteiger charge is -2.08. The summed E-state index contributed by atoms with van der Waals surface area (Å²) in [5.41, 5.74) is 1.61. The predicted octanol–water partition coefficient (Wildman–Crippen LogP) is 4.64. The average molecular weight is 424 g/mol. The maximum Gasteiger partial charge on any atom is 0.246 e. The highest BCUT2D eigenvalue weighted by atomic mass is 79.9. The fourth-order valence-electron chi connectivity index (χ4n) is 1.94. The number of benzene rings is 2. The summed E-state index contributed by atoms with van der Waals surface area (Å²) in [6.07, 6.45) is 0. The van der Waals surface area contributed by atoms with E-state index in [1.807, 2.05) is 42.5 Å². The van der Waals surface area contributed by atoms with Crippen molar-refractivity contribution >= 4 is 50.5 Å². The highest BCUT2D eigenvalue weighted by Gasteiger charge is 2.11. The highest BCUT2D eigenvalue weighted by molar-refractivity contribution is 9.10. The van der Waals surface area contributed by atoms with Crippen molar-refractivity contribution in [2.45, 2.75) is 6.54 Å². The van der Waals surface area contributed by atoms with Crippen molar-refractivity contribution in [3.63, 3.8) is 0 Å². The Bertz CT molecular complexity index is 853. The van der Waals surface area contributed by atoms with E-state index in [4.69, 9.17) is 28.3 Å². The van der Waals surface area contributed by atoms with E-state index in [1.54, 1.807) is 6.07 Å². The number of nitrogens with zero attached hydrogens (tertiary/aromatic N) is 2. The zero-order valence-electron chi connectivity index (χ0n) is 12.3. The van der Waals surface area contributed by atoms with Crippen LogP contribution < -0.4 is 10.6 Å².